The van der Waals surface area contributed by atoms with Crippen molar-refractivity contribution >= 4 is 0 Å². The van der Waals surface area contributed by atoms with Gasteiger partial charge in [0.2, 0.25) is 0 Å². The first-order valence-electron chi connectivity index (χ1n) is 13.4. The molecule has 2 aliphatic carbocycles. The van der Waals surface area contributed by atoms with E-state index in [1.165, 1.54) is 31.6 Å². The first-order chi connectivity index (χ1) is 16.3. The third kappa shape index (κ3) is 7.19. The predicted molar refractivity (Wildman–Crippen MR) is 139 cm³/mol. The highest BCUT2D eigenvalue weighted by Gasteiger charge is 2.36. The van der Waals surface area contributed by atoms with Crippen molar-refractivity contribution in [2.75, 3.05) is 72.1 Å². The van der Waals surface area contributed by atoms with Crippen LogP contribution in [-0.4, -0.2) is 92.9 Å². The van der Waals surface area contributed by atoms with Crippen LogP contribution in [0.5, 0.6) is 0 Å². The van der Waals surface area contributed by atoms with Gasteiger partial charge in [-0.2, -0.15) is 0 Å². The molecule has 2 saturated heterocycles. The number of rotatable bonds is 12. The van der Waals surface area contributed by atoms with Crippen molar-refractivity contribution in [1.82, 2.24) is 30.7 Å². The SMILES string of the molecule is CCCNCCC/C(=C/C1C(C)=C1N1CCNCC1)NCN1CCN(C2C=CC=CC2)CC1. The second-order valence-corrected chi connectivity index (χ2v) is 9.93. The van der Waals surface area contributed by atoms with Crippen molar-refractivity contribution in [3.05, 3.63) is 47.3 Å². The fraction of sp³-hybridized carbons (Fsp3) is 0.704. The molecule has 0 bridgehead atoms. The highest BCUT2D eigenvalue weighted by atomic mass is 15.3. The standard InChI is InChI=1S/C27H46N6/c1-3-11-28-12-7-8-24(21-26-23(2)27(26)33-15-13-29-14-16-33)30-22-31-17-19-32(20-18-31)25-9-5-4-6-10-25/h4-6,9,21,25-26,28-30H,3,7-8,10-20,22H2,1-2H3/b24-21-. The monoisotopic (exact) mass is 454 g/mol. The fourth-order valence-corrected chi connectivity index (χ4v) is 5.34. The van der Waals surface area contributed by atoms with Crippen molar-refractivity contribution in [2.45, 2.75) is 45.6 Å². The zero-order chi connectivity index (χ0) is 22.9. The van der Waals surface area contributed by atoms with Crippen LogP contribution in [0.25, 0.3) is 0 Å². The molecule has 4 rings (SSSR count). The van der Waals surface area contributed by atoms with Gasteiger partial charge in [-0.05, 0) is 51.3 Å². The van der Waals surface area contributed by atoms with E-state index in [1.54, 1.807) is 11.3 Å². The van der Waals surface area contributed by atoms with E-state index in [0.29, 0.717) is 12.0 Å². The van der Waals surface area contributed by atoms with Crippen molar-refractivity contribution < 1.29 is 0 Å². The Morgan fingerprint density at radius 2 is 1.91 bits per heavy atom. The number of piperazine rings is 2. The zero-order valence-electron chi connectivity index (χ0n) is 21.0. The van der Waals surface area contributed by atoms with Gasteiger partial charge in [-0.15, -0.1) is 0 Å². The van der Waals surface area contributed by atoms with Crippen LogP contribution in [0.3, 0.4) is 0 Å². The summed E-state index contributed by atoms with van der Waals surface area (Å²) in [5.41, 5.74) is 4.59. The summed E-state index contributed by atoms with van der Waals surface area (Å²) in [6.07, 6.45) is 16.3. The molecule has 6 heteroatoms. The van der Waals surface area contributed by atoms with Gasteiger partial charge in [-0.1, -0.05) is 37.3 Å². The van der Waals surface area contributed by atoms with E-state index in [2.05, 4.69) is 74.9 Å². The minimum Gasteiger partial charge on any atom is -0.376 e. The molecule has 0 aromatic carbocycles. The average Bonchev–Trinajstić information content (AvgIpc) is 3.51. The molecule has 3 N–H and O–H groups in total. The lowest BCUT2D eigenvalue weighted by atomic mass is 10.1. The van der Waals surface area contributed by atoms with E-state index in [4.69, 9.17) is 0 Å². The Morgan fingerprint density at radius 3 is 2.64 bits per heavy atom. The summed E-state index contributed by atoms with van der Waals surface area (Å²) < 4.78 is 0. The molecule has 2 aliphatic heterocycles. The number of hydrogen-bond donors (Lipinski definition) is 3. The molecule has 0 amide bonds. The number of nitrogens with one attached hydrogen (secondary N) is 3. The minimum absolute atomic E-state index is 0.553. The Bertz CT molecular complexity index is 725. The van der Waals surface area contributed by atoms with Crippen LogP contribution in [0, 0.1) is 5.92 Å². The second-order valence-electron chi connectivity index (χ2n) is 9.93. The third-order valence-corrected chi connectivity index (χ3v) is 7.50. The van der Waals surface area contributed by atoms with Crippen LogP contribution >= 0.6 is 0 Å². The van der Waals surface area contributed by atoms with Crippen LogP contribution in [-0.2, 0) is 0 Å². The molecule has 2 fully saturated rings. The van der Waals surface area contributed by atoms with Gasteiger partial charge in [0.05, 0.1) is 6.67 Å². The summed E-state index contributed by atoms with van der Waals surface area (Å²) in [7, 11) is 0. The van der Waals surface area contributed by atoms with Gasteiger partial charge in [0, 0.05) is 75.7 Å². The molecule has 0 aromatic rings. The van der Waals surface area contributed by atoms with Crippen molar-refractivity contribution in [3.63, 3.8) is 0 Å². The number of hydrogen-bond acceptors (Lipinski definition) is 6. The second kappa shape index (κ2) is 12.7. The first kappa shape index (κ1) is 24.5. The first-order valence-corrected chi connectivity index (χ1v) is 13.4. The lowest BCUT2D eigenvalue weighted by molar-refractivity contribution is 0.108. The van der Waals surface area contributed by atoms with E-state index in [-0.39, 0.29) is 0 Å². The van der Waals surface area contributed by atoms with Crippen LogP contribution in [0.2, 0.25) is 0 Å². The Hall–Kier alpha value is -1.60. The van der Waals surface area contributed by atoms with E-state index >= 15 is 0 Å². The van der Waals surface area contributed by atoms with Crippen LogP contribution < -0.4 is 16.0 Å². The molecule has 0 saturated carbocycles. The van der Waals surface area contributed by atoms with Crippen molar-refractivity contribution in [1.29, 1.82) is 0 Å². The molecule has 184 valence electrons. The van der Waals surface area contributed by atoms with E-state index in [1.807, 2.05) is 0 Å². The molecule has 6 nitrogen and oxygen atoms in total. The van der Waals surface area contributed by atoms with E-state index in [9.17, 15) is 0 Å². The Balaban J connectivity index is 1.25. The lowest BCUT2D eigenvalue weighted by Crippen LogP contribution is -2.51. The molecular formula is C27H46N6. The summed E-state index contributed by atoms with van der Waals surface area (Å²) >= 11 is 0. The molecular weight excluding hydrogens is 408 g/mol. The van der Waals surface area contributed by atoms with Gasteiger partial charge in [-0.3, -0.25) is 9.80 Å². The Morgan fingerprint density at radius 1 is 1.09 bits per heavy atom. The van der Waals surface area contributed by atoms with Gasteiger partial charge >= 0.3 is 0 Å². The quantitative estimate of drug-likeness (QED) is 0.394. The van der Waals surface area contributed by atoms with Crippen LogP contribution in [0.15, 0.2) is 47.3 Å². The number of allylic oxidation sites excluding steroid dienone is 5. The van der Waals surface area contributed by atoms with Crippen LogP contribution in [0.4, 0.5) is 0 Å². The maximum absolute atomic E-state index is 3.85. The molecule has 4 aliphatic rings. The normalized spacial score (nSPS) is 26.8. The van der Waals surface area contributed by atoms with Gasteiger partial charge in [0.1, 0.15) is 0 Å². The summed E-state index contributed by atoms with van der Waals surface area (Å²) in [6, 6.07) is 0.600. The van der Waals surface area contributed by atoms with Crippen LogP contribution in [0.1, 0.15) is 39.5 Å². The smallest absolute Gasteiger partial charge is 0.0676 e. The highest BCUT2D eigenvalue weighted by Crippen LogP contribution is 2.43. The zero-order valence-corrected chi connectivity index (χ0v) is 21.0. The van der Waals surface area contributed by atoms with Crippen molar-refractivity contribution in [2.24, 2.45) is 5.92 Å². The van der Waals surface area contributed by atoms with E-state index in [0.717, 1.165) is 71.9 Å². The molecule has 0 radical (unpaired) electrons. The van der Waals surface area contributed by atoms with Gasteiger partial charge < -0.3 is 20.9 Å². The Labute approximate surface area is 201 Å². The lowest BCUT2D eigenvalue weighted by Gasteiger charge is -2.38. The fourth-order valence-electron chi connectivity index (χ4n) is 5.34. The molecule has 2 heterocycles. The van der Waals surface area contributed by atoms with Gasteiger partial charge in [-0.25, -0.2) is 0 Å². The minimum atomic E-state index is 0.553. The van der Waals surface area contributed by atoms with Gasteiger partial charge in [0.25, 0.3) is 0 Å². The maximum atomic E-state index is 3.85. The van der Waals surface area contributed by atoms with Crippen molar-refractivity contribution in [3.8, 4) is 0 Å². The summed E-state index contributed by atoms with van der Waals surface area (Å²) in [4.78, 5) is 7.83. The summed E-state index contributed by atoms with van der Waals surface area (Å²) in [5.74, 6) is 0.553. The molecule has 33 heavy (non-hydrogen) atoms. The predicted octanol–water partition coefficient (Wildman–Crippen LogP) is 2.51. The molecule has 0 aromatic heterocycles. The highest BCUT2D eigenvalue weighted by molar-refractivity contribution is 5.44. The summed E-state index contributed by atoms with van der Waals surface area (Å²) in [6.45, 7) is 16.9. The number of nitrogens with zero attached hydrogens (tertiary/aromatic N) is 3. The average molecular weight is 455 g/mol. The van der Waals surface area contributed by atoms with Gasteiger partial charge in [0.15, 0.2) is 0 Å². The van der Waals surface area contributed by atoms with E-state index < -0.39 is 0 Å². The molecule has 0 spiro atoms. The maximum Gasteiger partial charge on any atom is 0.0676 e. The molecule has 2 atom stereocenters. The summed E-state index contributed by atoms with van der Waals surface area (Å²) in [5, 5.41) is 10.9. The largest absolute Gasteiger partial charge is 0.376 e. The molecule has 2 unspecified atom stereocenters. The Kier molecular flexibility index (Phi) is 9.47. The third-order valence-electron chi connectivity index (χ3n) is 7.50. The topological polar surface area (TPSA) is 45.8 Å².